The molecular weight excluding hydrogens is 240 g/mol. The maximum absolute atomic E-state index is 11.9. The standard InChI is InChI=1S/C15H24N2O2/c1-11-8-12(2)13(14(9-11)19-5)10-17(4)15(18)6-7-16-3/h8-9,16H,6-7,10H2,1-5H3. The van der Waals surface area contributed by atoms with Crippen molar-refractivity contribution < 1.29 is 9.53 Å². The zero-order valence-corrected chi connectivity index (χ0v) is 12.5. The molecule has 0 unspecified atom stereocenters. The van der Waals surface area contributed by atoms with E-state index in [1.807, 2.05) is 27.1 Å². The molecule has 0 saturated carbocycles. The average molecular weight is 264 g/mol. The summed E-state index contributed by atoms with van der Waals surface area (Å²) in [7, 11) is 5.34. The fourth-order valence-corrected chi connectivity index (χ4v) is 2.09. The van der Waals surface area contributed by atoms with Crippen molar-refractivity contribution in [2.24, 2.45) is 0 Å². The van der Waals surface area contributed by atoms with Crippen LogP contribution >= 0.6 is 0 Å². The Morgan fingerprint density at radius 3 is 2.63 bits per heavy atom. The molecule has 4 heteroatoms. The molecule has 0 fully saturated rings. The van der Waals surface area contributed by atoms with Crippen molar-refractivity contribution in [2.45, 2.75) is 26.8 Å². The Bertz CT molecular complexity index is 444. The molecule has 0 aromatic heterocycles. The van der Waals surface area contributed by atoms with Gasteiger partial charge in [-0.3, -0.25) is 4.79 Å². The minimum Gasteiger partial charge on any atom is -0.496 e. The van der Waals surface area contributed by atoms with Crippen LogP contribution in [-0.4, -0.2) is 38.6 Å². The molecule has 0 heterocycles. The summed E-state index contributed by atoms with van der Waals surface area (Å²) in [5, 5.41) is 2.99. The van der Waals surface area contributed by atoms with E-state index in [0.29, 0.717) is 19.5 Å². The lowest BCUT2D eigenvalue weighted by Crippen LogP contribution is -2.29. The van der Waals surface area contributed by atoms with Gasteiger partial charge >= 0.3 is 0 Å². The zero-order valence-electron chi connectivity index (χ0n) is 12.5. The Hall–Kier alpha value is -1.55. The zero-order chi connectivity index (χ0) is 14.4. The number of methoxy groups -OCH3 is 1. The lowest BCUT2D eigenvalue weighted by atomic mass is 10.0. The summed E-state index contributed by atoms with van der Waals surface area (Å²) in [4.78, 5) is 13.7. The first kappa shape index (κ1) is 15.5. The number of nitrogens with zero attached hydrogens (tertiary/aromatic N) is 1. The first-order chi connectivity index (χ1) is 8.99. The Kier molecular flexibility index (Phi) is 5.83. The van der Waals surface area contributed by atoms with Crippen molar-refractivity contribution in [2.75, 3.05) is 27.7 Å². The molecule has 0 bridgehead atoms. The van der Waals surface area contributed by atoms with Crippen molar-refractivity contribution in [3.05, 3.63) is 28.8 Å². The van der Waals surface area contributed by atoms with Gasteiger partial charge in [0, 0.05) is 32.1 Å². The normalized spacial score (nSPS) is 10.4. The summed E-state index contributed by atoms with van der Waals surface area (Å²) < 4.78 is 5.42. The van der Waals surface area contributed by atoms with Gasteiger partial charge in [-0.05, 0) is 38.1 Å². The molecule has 1 amide bonds. The highest BCUT2D eigenvalue weighted by molar-refractivity contribution is 5.76. The SMILES string of the molecule is CNCCC(=O)N(C)Cc1c(C)cc(C)cc1OC. The minimum absolute atomic E-state index is 0.136. The number of rotatable bonds is 6. The van der Waals surface area contributed by atoms with Gasteiger partial charge in [0.05, 0.1) is 7.11 Å². The Morgan fingerprint density at radius 2 is 2.05 bits per heavy atom. The monoisotopic (exact) mass is 264 g/mol. The lowest BCUT2D eigenvalue weighted by molar-refractivity contribution is -0.130. The molecule has 0 aliphatic heterocycles. The molecule has 1 aromatic rings. The van der Waals surface area contributed by atoms with E-state index in [2.05, 4.69) is 18.3 Å². The van der Waals surface area contributed by atoms with Gasteiger partial charge in [0.2, 0.25) is 5.91 Å². The summed E-state index contributed by atoms with van der Waals surface area (Å²) in [5.74, 6) is 0.988. The molecule has 1 aromatic carbocycles. The molecule has 106 valence electrons. The molecular formula is C15H24N2O2. The first-order valence-corrected chi connectivity index (χ1v) is 6.52. The predicted molar refractivity (Wildman–Crippen MR) is 77.5 cm³/mol. The van der Waals surface area contributed by atoms with Crippen LogP contribution in [-0.2, 0) is 11.3 Å². The van der Waals surface area contributed by atoms with E-state index in [1.54, 1.807) is 12.0 Å². The van der Waals surface area contributed by atoms with E-state index in [-0.39, 0.29) is 5.91 Å². The van der Waals surface area contributed by atoms with E-state index in [4.69, 9.17) is 4.74 Å². The average Bonchev–Trinajstić information content (AvgIpc) is 2.38. The molecule has 0 aliphatic carbocycles. The maximum Gasteiger partial charge on any atom is 0.223 e. The number of amides is 1. The largest absolute Gasteiger partial charge is 0.496 e. The second-order valence-electron chi connectivity index (χ2n) is 4.87. The van der Waals surface area contributed by atoms with Crippen LogP contribution in [0.25, 0.3) is 0 Å². The van der Waals surface area contributed by atoms with Gasteiger partial charge in [-0.2, -0.15) is 0 Å². The van der Waals surface area contributed by atoms with Gasteiger partial charge in [0.25, 0.3) is 0 Å². The number of hydrogen-bond acceptors (Lipinski definition) is 3. The Balaban J connectivity index is 2.84. The third kappa shape index (κ3) is 4.24. The van der Waals surface area contributed by atoms with Gasteiger partial charge < -0.3 is 15.0 Å². The second kappa shape index (κ2) is 7.14. The fraction of sp³-hybridized carbons (Fsp3) is 0.533. The third-order valence-electron chi connectivity index (χ3n) is 3.21. The van der Waals surface area contributed by atoms with E-state index in [0.717, 1.165) is 16.9 Å². The highest BCUT2D eigenvalue weighted by atomic mass is 16.5. The fourth-order valence-electron chi connectivity index (χ4n) is 2.09. The molecule has 0 saturated heterocycles. The summed E-state index contributed by atoms with van der Waals surface area (Å²) in [6.45, 7) is 5.38. The van der Waals surface area contributed by atoms with Gasteiger partial charge in [0.15, 0.2) is 0 Å². The molecule has 1 N–H and O–H groups in total. The molecule has 1 rings (SSSR count). The highest BCUT2D eigenvalue weighted by Crippen LogP contribution is 2.25. The van der Waals surface area contributed by atoms with E-state index in [1.165, 1.54) is 5.56 Å². The summed E-state index contributed by atoms with van der Waals surface area (Å²) in [6.07, 6.45) is 0.514. The van der Waals surface area contributed by atoms with Crippen LogP contribution in [0.2, 0.25) is 0 Å². The third-order valence-corrected chi connectivity index (χ3v) is 3.21. The van der Waals surface area contributed by atoms with Crippen molar-refractivity contribution in [3.8, 4) is 5.75 Å². The smallest absolute Gasteiger partial charge is 0.223 e. The molecule has 4 nitrogen and oxygen atoms in total. The first-order valence-electron chi connectivity index (χ1n) is 6.52. The Morgan fingerprint density at radius 1 is 1.37 bits per heavy atom. The van der Waals surface area contributed by atoms with Crippen molar-refractivity contribution >= 4 is 5.91 Å². The number of aryl methyl sites for hydroxylation is 2. The summed E-state index contributed by atoms with van der Waals surface area (Å²) in [6, 6.07) is 4.12. The Labute approximate surface area is 115 Å². The maximum atomic E-state index is 11.9. The van der Waals surface area contributed by atoms with Crippen LogP contribution in [0.1, 0.15) is 23.1 Å². The van der Waals surface area contributed by atoms with Crippen LogP contribution in [0.4, 0.5) is 0 Å². The number of hydrogen-bond donors (Lipinski definition) is 1. The van der Waals surface area contributed by atoms with Gasteiger partial charge in [-0.15, -0.1) is 0 Å². The second-order valence-corrected chi connectivity index (χ2v) is 4.87. The van der Waals surface area contributed by atoms with Crippen molar-refractivity contribution in [1.29, 1.82) is 0 Å². The van der Waals surface area contributed by atoms with Crippen LogP contribution in [0.5, 0.6) is 5.75 Å². The van der Waals surface area contributed by atoms with Gasteiger partial charge in [0.1, 0.15) is 5.75 Å². The van der Waals surface area contributed by atoms with E-state index < -0.39 is 0 Å². The summed E-state index contributed by atoms with van der Waals surface area (Å²) in [5.41, 5.74) is 3.40. The topological polar surface area (TPSA) is 41.6 Å². The number of nitrogens with one attached hydrogen (secondary N) is 1. The highest BCUT2D eigenvalue weighted by Gasteiger charge is 2.14. The molecule has 0 radical (unpaired) electrons. The van der Waals surface area contributed by atoms with Gasteiger partial charge in [-0.1, -0.05) is 6.07 Å². The number of benzene rings is 1. The van der Waals surface area contributed by atoms with Crippen LogP contribution < -0.4 is 10.1 Å². The van der Waals surface area contributed by atoms with Crippen LogP contribution in [0.15, 0.2) is 12.1 Å². The van der Waals surface area contributed by atoms with Crippen molar-refractivity contribution in [3.63, 3.8) is 0 Å². The van der Waals surface area contributed by atoms with E-state index in [9.17, 15) is 4.79 Å². The predicted octanol–water partition coefficient (Wildman–Crippen LogP) is 1.88. The van der Waals surface area contributed by atoms with E-state index >= 15 is 0 Å². The number of carbonyl (C=O) groups excluding carboxylic acids is 1. The molecule has 0 atom stereocenters. The summed E-state index contributed by atoms with van der Waals surface area (Å²) >= 11 is 0. The lowest BCUT2D eigenvalue weighted by Gasteiger charge is -2.21. The molecule has 0 spiro atoms. The van der Waals surface area contributed by atoms with Crippen LogP contribution in [0, 0.1) is 13.8 Å². The quantitative estimate of drug-likeness (QED) is 0.853. The van der Waals surface area contributed by atoms with Crippen molar-refractivity contribution in [1.82, 2.24) is 10.2 Å². The molecule has 19 heavy (non-hydrogen) atoms. The van der Waals surface area contributed by atoms with Crippen LogP contribution in [0.3, 0.4) is 0 Å². The minimum atomic E-state index is 0.136. The number of carbonyl (C=O) groups is 1. The molecule has 0 aliphatic rings. The number of ether oxygens (including phenoxy) is 1. The van der Waals surface area contributed by atoms with Gasteiger partial charge in [-0.25, -0.2) is 0 Å².